The Labute approximate surface area is 232 Å². The van der Waals surface area contributed by atoms with Crippen molar-refractivity contribution in [2.24, 2.45) is 11.7 Å². The van der Waals surface area contributed by atoms with Crippen LogP contribution >= 0.6 is 24.2 Å². The van der Waals surface area contributed by atoms with E-state index >= 15 is 0 Å². The van der Waals surface area contributed by atoms with Gasteiger partial charge < -0.3 is 11.1 Å². The van der Waals surface area contributed by atoms with E-state index in [0.717, 1.165) is 12.5 Å². The highest BCUT2D eigenvalue weighted by molar-refractivity contribution is 7.90. The maximum Gasteiger partial charge on any atom is 0.264 e. The molecule has 11 heteroatoms. The maximum atomic E-state index is 12.8. The number of primary amides is 1. The molecule has 38 heavy (non-hydrogen) atoms. The van der Waals surface area contributed by atoms with Crippen LogP contribution in [0, 0.1) is 5.92 Å². The average molecular weight is 574 g/mol. The van der Waals surface area contributed by atoms with Crippen LogP contribution in [-0.2, 0) is 37.2 Å². The number of amides is 3. The Morgan fingerprint density at radius 2 is 1.63 bits per heavy atom. The van der Waals surface area contributed by atoms with E-state index in [1.165, 1.54) is 6.07 Å². The van der Waals surface area contributed by atoms with Gasteiger partial charge in [0, 0.05) is 29.3 Å². The second-order valence-corrected chi connectivity index (χ2v) is 11.6. The fraction of sp³-hybridized carbons (Fsp3) is 0.222. The molecular weight excluding hydrogens is 546 g/mol. The first kappa shape index (κ1) is 29.2. The predicted octanol–water partition coefficient (Wildman–Crippen LogP) is 3.13. The van der Waals surface area contributed by atoms with E-state index in [1.54, 1.807) is 48.5 Å². The Morgan fingerprint density at radius 3 is 2.26 bits per heavy atom. The summed E-state index contributed by atoms with van der Waals surface area (Å²) in [7, 11) is -4.05. The smallest absolute Gasteiger partial charge is 0.264 e. The number of hydrogen-bond acceptors (Lipinski definition) is 6. The molecule has 0 aliphatic rings. The zero-order valence-corrected chi connectivity index (χ0v) is 23.0. The first-order valence-electron chi connectivity index (χ1n) is 11.7. The summed E-state index contributed by atoms with van der Waals surface area (Å²) in [5.74, 6) is -3.05. The molecule has 3 amide bonds. The first-order chi connectivity index (χ1) is 18.0. The lowest BCUT2D eigenvalue weighted by Gasteiger charge is -2.17. The van der Waals surface area contributed by atoms with E-state index in [4.69, 9.17) is 17.3 Å². The van der Waals surface area contributed by atoms with Gasteiger partial charge >= 0.3 is 0 Å². The molecule has 0 aliphatic carbocycles. The third-order valence-corrected chi connectivity index (χ3v) is 7.78. The molecule has 0 saturated carbocycles. The van der Waals surface area contributed by atoms with Crippen LogP contribution in [0.1, 0.15) is 18.1 Å². The van der Waals surface area contributed by atoms with Gasteiger partial charge in [0.15, 0.2) is 0 Å². The number of hydrogen-bond donors (Lipinski definition) is 4. The van der Waals surface area contributed by atoms with Crippen molar-refractivity contribution >= 4 is 52.0 Å². The molecule has 1 unspecified atom stereocenters. The topological polar surface area (TPSA) is 135 Å². The Hall–Kier alpha value is -3.34. The molecule has 3 aromatic carbocycles. The molecule has 2 atom stereocenters. The van der Waals surface area contributed by atoms with E-state index in [9.17, 15) is 22.8 Å². The van der Waals surface area contributed by atoms with E-state index in [-0.39, 0.29) is 23.1 Å². The van der Waals surface area contributed by atoms with Crippen LogP contribution in [0.5, 0.6) is 0 Å². The Morgan fingerprint density at radius 1 is 0.947 bits per heavy atom. The summed E-state index contributed by atoms with van der Waals surface area (Å²) < 4.78 is 27.1. The fourth-order valence-corrected chi connectivity index (χ4v) is 5.65. The largest absolute Gasteiger partial charge is 0.369 e. The summed E-state index contributed by atoms with van der Waals surface area (Å²) in [5.41, 5.74) is 8.15. The van der Waals surface area contributed by atoms with Crippen molar-refractivity contribution in [3.8, 4) is 11.1 Å². The molecule has 0 bridgehead atoms. The number of carbonyl (C=O) groups excluding carboxylic acids is 3. The highest BCUT2D eigenvalue weighted by atomic mass is 35.5. The molecule has 8 nitrogen and oxygen atoms in total. The van der Waals surface area contributed by atoms with Crippen molar-refractivity contribution < 1.29 is 22.8 Å². The number of nitrogens with two attached hydrogens (primary N) is 1. The van der Waals surface area contributed by atoms with Crippen molar-refractivity contribution in [2.45, 2.75) is 29.9 Å². The van der Waals surface area contributed by atoms with Crippen molar-refractivity contribution in [3.63, 3.8) is 0 Å². The molecule has 0 heterocycles. The summed E-state index contributed by atoms with van der Waals surface area (Å²) in [6, 6.07) is 20.4. The molecule has 0 fully saturated rings. The summed E-state index contributed by atoms with van der Waals surface area (Å²) in [6.45, 7) is 1.35. The van der Waals surface area contributed by atoms with Crippen LogP contribution in [0.3, 0.4) is 0 Å². The summed E-state index contributed by atoms with van der Waals surface area (Å²) in [6.07, 6.45) is 0.643. The average Bonchev–Trinajstić information content (AvgIpc) is 2.85. The van der Waals surface area contributed by atoms with Gasteiger partial charge in [-0.3, -0.25) is 14.4 Å². The highest BCUT2D eigenvalue weighted by Crippen LogP contribution is 2.28. The van der Waals surface area contributed by atoms with Gasteiger partial charge in [-0.05, 0) is 47.7 Å². The fourth-order valence-electron chi connectivity index (χ4n) is 3.91. The van der Waals surface area contributed by atoms with E-state index in [1.807, 2.05) is 22.9 Å². The zero-order chi connectivity index (χ0) is 27.9. The molecule has 200 valence electrons. The van der Waals surface area contributed by atoms with Gasteiger partial charge in [0.05, 0.1) is 4.90 Å². The highest BCUT2D eigenvalue weighted by Gasteiger charge is 2.25. The van der Waals surface area contributed by atoms with E-state index in [0.29, 0.717) is 28.1 Å². The van der Waals surface area contributed by atoms with Gasteiger partial charge in [0.1, 0.15) is 5.92 Å². The lowest BCUT2D eigenvalue weighted by atomic mass is 9.95. The predicted molar refractivity (Wildman–Crippen MR) is 150 cm³/mol. The molecular formula is C27H28ClN3O5S2. The Kier molecular flexibility index (Phi) is 9.96. The number of thiol groups is 1. The van der Waals surface area contributed by atoms with Crippen LogP contribution < -0.4 is 15.8 Å². The van der Waals surface area contributed by atoms with Gasteiger partial charge in [-0.15, -0.1) is 0 Å². The van der Waals surface area contributed by atoms with E-state index in [2.05, 4.69) is 17.9 Å². The van der Waals surface area contributed by atoms with E-state index < -0.39 is 33.7 Å². The normalized spacial score (nSPS) is 12.8. The van der Waals surface area contributed by atoms with Gasteiger partial charge in [-0.1, -0.05) is 66.2 Å². The quantitative estimate of drug-likeness (QED) is 0.206. The molecule has 0 aliphatic heterocycles. The zero-order valence-electron chi connectivity index (χ0n) is 20.6. The minimum absolute atomic E-state index is 0.0450. The SMILES string of the molecule is CC(=O)NS(=O)(=O)c1ccccc1-c1ccc(CC(C(N)=O)C(=O)NC[C@@H](S)Cc2cccc(Cl)c2)cc1. The van der Waals surface area contributed by atoms with Crippen molar-refractivity contribution in [1.82, 2.24) is 10.0 Å². The number of benzene rings is 3. The van der Waals surface area contributed by atoms with Crippen molar-refractivity contribution in [3.05, 3.63) is 88.9 Å². The summed E-state index contributed by atoms with van der Waals surface area (Å²) >= 11 is 10.5. The lowest BCUT2D eigenvalue weighted by molar-refractivity contribution is -0.133. The second-order valence-electron chi connectivity index (χ2n) is 8.75. The molecule has 0 saturated heterocycles. The molecule has 0 spiro atoms. The summed E-state index contributed by atoms with van der Waals surface area (Å²) in [4.78, 5) is 36.1. The molecule has 3 rings (SSSR count). The molecule has 3 aromatic rings. The molecule has 0 radical (unpaired) electrons. The van der Waals surface area contributed by atoms with Crippen LogP contribution in [0.2, 0.25) is 5.02 Å². The van der Waals surface area contributed by atoms with Gasteiger partial charge in [0.2, 0.25) is 17.7 Å². The van der Waals surface area contributed by atoms with Crippen LogP contribution in [0.25, 0.3) is 11.1 Å². The number of halogens is 1. The number of sulfonamides is 1. The number of nitrogens with one attached hydrogen (secondary N) is 2. The summed E-state index contributed by atoms with van der Waals surface area (Å²) in [5, 5.41) is 3.17. The second kappa shape index (κ2) is 12.9. The first-order valence-corrected chi connectivity index (χ1v) is 14.1. The minimum Gasteiger partial charge on any atom is -0.369 e. The maximum absolute atomic E-state index is 12.8. The Bertz CT molecular complexity index is 1430. The Balaban J connectivity index is 1.68. The van der Waals surface area contributed by atoms with Crippen LogP contribution in [-0.4, -0.2) is 37.9 Å². The number of rotatable bonds is 11. The third kappa shape index (κ3) is 8.08. The third-order valence-electron chi connectivity index (χ3n) is 5.69. The molecule has 0 aromatic heterocycles. The molecule has 4 N–H and O–H groups in total. The lowest BCUT2D eigenvalue weighted by Crippen LogP contribution is -2.42. The van der Waals surface area contributed by atoms with Gasteiger partial charge in [-0.25, -0.2) is 13.1 Å². The monoisotopic (exact) mass is 573 g/mol. The number of carbonyl (C=O) groups is 3. The standard InChI is InChI=1S/C27H28ClN3O5S2/c1-17(32)31-38(35,36)25-8-3-2-7-23(25)20-11-9-18(10-12-20)15-24(26(29)33)27(34)30-16-22(37)14-19-5-4-6-21(28)13-19/h2-13,22,24,37H,14-16H2,1H3,(H2,29,33)(H,30,34)(H,31,32)/t22-,24?/m0/s1. The minimum atomic E-state index is -4.05. The van der Waals surface area contributed by atoms with Crippen LogP contribution in [0.4, 0.5) is 0 Å². The van der Waals surface area contributed by atoms with Crippen molar-refractivity contribution in [2.75, 3.05) is 6.54 Å². The van der Waals surface area contributed by atoms with Crippen LogP contribution in [0.15, 0.2) is 77.7 Å². The van der Waals surface area contributed by atoms with Gasteiger partial charge in [0.25, 0.3) is 10.0 Å². The van der Waals surface area contributed by atoms with Crippen molar-refractivity contribution in [1.29, 1.82) is 0 Å². The van der Waals surface area contributed by atoms with Gasteiger partial charge in [-0.2, -0.15) is 12.6 Å².